The molecule has 3 atom stereocenters. The van der Waals surface area contributed by atoms with E-state index >= 15 is 4.39 Å². The van der Waals surface area contributed by atoms with Crippen LogP contribution in [0.1, 0.15) is 58.4 Å². The second-order valence-corrected chi connectivity index (χ2v) is 13.5. The maximum Gasteiger partial charge on any atom is 0.410 e. The first-order valence-corrected chi connectivity index (χ1v) is 15.9. The summed E-state index contributed by atoms with van der Waals surface area (Å²) in [5.41, 5.74) is 3.55. The summed E-state index contributed by atoms with van der Waals surface area (Å²) in [6.45, 7) is 13.3. The third kappa shape index (κ3) is 7.56. The molecule has 3 fully saturated rings. The molecule has 2 aliphatic heterocycles. The topological polar surface area (TPSA) is 65.6 Å². The van der Waals surface area contributed by atoms with Crippen LogP contribution >= 0.6 is 0 Å². The van der Waals surface area contributed by atoms with Gasteiger partial charge in [0.2, 0.25) is 0 Å². The number of amides is 3. The highest BCUT2D eigenvalue weighted by Crippen LogP contribution is 2.39. The van der Waals surface area contributed by atoms with Crippen molar-refractivity contribution in [3.63, 3.8) is 0 Å². The fourth-order valence-corrected chi connectivity index (χ4v) is 6.83. The van der Waals surface area contributed by atoms with Crippen LogP contribution in [0.3, 0.4) is 0 Å². The van der Waals surface area contributed by atoms with Crippen molar-refractivity contribution in [2.24, 2.45) is 5.92 Å². The average molecular weight is 607 g/mol. The predicted molar refractivity (Wildman–Crippen MR) is 169 cm³/mol. The SMILES string of the molecule is C=C=C1CCN(CC2(F)C=C(C3CCC(N4CCN(C(=O)OC(C)(C)C)CC4)C3)C=CC2)C(=O)N1Cc1ccc(OC)cc1. The third-order valence-corrected chi connectivity index (χ3v) is 9.15. The molecule has 3 unspecified atom stereocenters. The molecule has 238 valence electrons. The molecule has 1 aromatic rings. The molecule has 2 aliphatic carbocycles. The van der Waals surface area contributed by atoms with Crippen molar-refractivity contribution in [2.75, 3.05) is 46.4 Å². The molecule has 44 heavy (non-hydrogen) atoms. The van der Waals surface area contributed by atoms with Crippen LogP contribution in [0.15, 0.2) is 66.1 Å². The van der Waals surface area contributed by atoms with Gasteiger partial charge in [0.05, 0.1) is 25.9 Å². The van der Waals surface area contributed by atoms with E-state index in [2.05, 4.69) is 23.3 Å². The molecular weight excluding hydrogens is 559 g/mol. The Morgan fingerprint density at radius 1 is 1.11 bits per heavy atom. The fourth-order valence-electron chi connectivity index (χ4n) is 6.83. The van der Waals surface area contributed by atoms with E-state index in [1.807, 2.05) is 51.1 Å². The average Bonchev–Trinajstić information content (AvgIpc) is 3.49. The summed E-state index contributed by atoms with van der Waals surface area (Å²) >= 11 is 0. The van der Waals surface area contributed by atoms with Crippen molar-refractivity contribution in [1.29, 1.82) is 0 Å². The number of alkyl halides is 1. The Bertz CT molecular complexity index is 1320. The molecule has 8 nitrogen and oxygen atoms in total. The maximum atomic E-state index is 16.5. The van der Waals surface area contributed by atoms with Gasteiger partial charge in [0.1, 0.15) is 11.4 Å². The van der Waals surface area contributed by atoms with Crippen molar-refractivity contribution in [3.05, 3.63) is 71.6 Å². The first-order valence-electron chi connectivity index (χ1n) is 15.9. The zero-order valence-corrected chi connectivity index (χ0v) is 26.7. The van der Waals surface area contributed by atoms with Crippen molar-refractivity contribution in [3.8, 4) is 5.75 Å². The fraction of sp³-hybridized carbons (Fsp3) is 0.571. The van der Waals surface area contributed by atoms with E-state index in [1.54, 1.807) is 27.9 Å². The van der Waals surface area contributed by atoms with E-state index in [0.29, 0.717) is 38.6 Å². The second kappa shape index (κ2) is 13.2. The molecular formula is C35H47FN4O4. The van der Waals surface area contributed by atoms with Crippen LogP contribution in [-0.2, 0) is 11.3 Å². The molecule has 1 saturated carbocycles. The molecule has 9 heteroatoms. The van der Waals surface area contributed by atoms with Gasteiger partial charge in [-0.05, 0) is 75.3 Å². The summed E-state index contributed by atoms with van der Waals surface area (Å²) in [5.74, 6) is 1.04. The first kappa shape index (κ1) is 31.9. The number of carbonyl (C=O) groups excluding carboxylic acids is 2. The summed E-state index contributed by atoms with van der Waals surface area (Å²) in [6, 6.07) is 7.80. The minimum Gasteiger partial charge on any atom is -0.497 e. The number of piperazine rings is 1. The van der Waals surface area contributed by atoms with Crippen molar-refractivity contribution in [1.82, 2.24) is 19.6 Å². The lowest BCUT2D eigenvalue weighted by molar-refractivity contribution is 0.0105. The van der Waals surface area contributed by atoms with Gasteiger partial charge in [-0.15, -0.1) is 5.73 Å². The largest absolute Gasteiger partial charge is 0.497 e. The lowest BCUT2D eigenvalue weighted by Gasteiger charge is -2.40. The minimum atomic E-state index is -1.61. The number of rotatable bonds is 7. The van der Waals surface area contributed by atoms with E-state index in [4.69, 9.17) is 9.47 Å². The predicted octanol–water partition coefficient (Wildman–Crippen LogP) is 6.31. The van der Waals surface area contributed by atoms with Crippen LogP contribution in [0.5, 0.6) is 5.75 Å². The zero-order chi connectivity index (χ0) is 31.5. The third-order valence-electron chi connectivity index (χ3n) is 9.15. The van der Waals surface area contributed by atoms with Crippen molar-refractivity contribution >= 4 is 12.1 Å². The molecule has 0 spiro atoms. The zero-order valence-electron chi connectivity index (χ0n) is 26.7. The lowest BCUT2D eigenvalue weighted by Crippen LogP contribution is -2.52. The Morgan fingerprint density at radius 3 is 2.50 bits per heavy atom. The van der Waals surface area contributed by atoms with Gasteiger partial charge in [0.25, 0.3) is 0 Å². The van der Waals surface area contributed by atoms with E-state index in [9.17, 15) is 9.59 Å². The van der Waals surface area contributed by atoms with Crippen LogP contribution in [-0.4, -0.2) is 95.4 Å². The summed E-state index contributed by atoms with van der Waals surface area (Å²) in [6.07, 6.45) is 9.44. The van der Waals surface area contributed by atoms with Gasteiger partial charge in [-0.1, -0.05) is 30.9 Å². The lowest BCUT2D eigenvalue weighted by atomic mass is 9.85. The van der Waals surface area contributed by atoms with Gasteiger partial charge < -0.3 is 19.3 Å². The quantitative estimate of drug-likeness (QED) is 0.341. The van der Waals surface area contributed by atoms with Crippen LogP contribution in [0.2, 0.25) is 0 Å². The number of halogens is 1. The molecule has 3 amide bonds. The summed E-state index contributed by atoms with van der Waals surface area (Å²) < 4.78 is 27.3. The number of methoxy groups -OCH3 is 1. The van der Waals surface area contributed by atoms with Crippen LogP contribution in [0.4, 0.5) is 14.0 Å². The summed E-state index contributed by atoms with van der Waals surface area (Å²) in [5, 5.41) is 0. The van der Waals surface area contributed by atoms with Crippen LogP contribution < -0.4 is 4.74 Å². The molecule has 0 N–H and O–H groups in total. The van der Waals surface area contributed by atoms with Gasteiger partial charge in [-0.3, -0.25) is 9.80 Å². The Kier molecular flexibility index (Phi) is 9.56. The van der Waals surface area contributed by atoms with Crippen LogP contribution in [0, 0.1) is 5.92 Å². The normalized spacial score (nSPS) is 26.5. The van der Waals surface area contributed by atoms with E-state index in [1.165, 1.54) is 0 Å². The summed E-state index contributed by atoms with van der Waals surface area (Å²) in [7, 11) is 1.62. The van der Waals surface area contributed by atoms with Crippen molar-refractivity contribution in [2.45, 2.75) is 76.7 Å². The smallest absolute Gasteiger partial charge is 0.410 e. The maximum absolute atomic E-state index is 16.5. The first-order chi connectivity index (χ1) is 21.0. The van der Waals surface area contributed by atoms with E-state index in [-0.39, 0.29) is 31.0 Å². The highest BCUT2D eigenvalue weighted by molar-refractivity contribution is 5.77. The Hall–Kier alpha value is -3.55. The highest BCUT2D eigenvalue weighted by Gasteiger charge is 2.40. The van der Waals surface area contributed by atoms with Gasteiger partial charge in [-0.25, -0.2) is 14.0 Å². The Balaban J connectivity index is 1.18. The number of urea groups is 1. The molecule has 4 aliphatic rings. The van der Waals surface area contributed by atoms with E-state index < -0.39 is 11.3 Å². The molecule has 2 heterocycles. The van der Waals surface area contributed by atoms with Crippen molar-refractivity contribution < 1.29 is 23.5 Å². The van der Waals surface area contributed by atoms with Gasteiger partial charge >= 0.3 is 12.1 Å². The highest BCUT2D eigenvalue weighted by atomic mass is 19.1. The number of hydrogen-bond acceptors (Lipinski definition) is 5. The molecule has 0 bridgehead atoms. The molecule has 5 rings (SSSR count). The number of hydrogen-bond donors (Lipinski definition) is 0. The molecule has 0 radical (unpaired) electrons. The van der Waals surface area contributed by atoms with Gasteiger partial charge in [0.15, 0.2) is 5.67 Å². The van der Waals surface area contributed by atoms with E-state index in [0.717, 1.165) is 54.9 Å². The number of carbonyl (C=O) groups is 2. The van der Waals surface area contributed by atoms with Crippen LogP contribution in [0.25, 0.3) is 0 Å². The van der Waals surface area contributed by atoms with Gasteiger partial charge in [-0.2, -0.15) is 0 Å². The number of allylic oxidation sites excluding steroid dienone is 3. The number of benzene rings is 1. The Labute approximate surface area is 261 Å². The summed E-state index contributed by atoms with van der Waals surface area (Å²) in [4.78, 5) is 33.7. The molecule has 0 aromatic heterocycles. The monoisotopic (exact) mass is 606 g/mol. The molecule has 2 saturated heterocycles. The standard InChI is InChI=1S/C35H47FN4O4/c1-6-29-15-17-39(32(41)40(29)24-26-9-13-31(43-5)14-10-26)25-35(36)16-7-8-28(23-35)27-11-12-30(22-27)37-18-20-38(21-19-37)33(42)44-34(2,3)4/h7-10,13-14,23,27,30H,1,11-12,15-22,24-25H2,2-5H3. The Morgan fingerprint density at radius 2 is 1.84 bits per heavy atom. The minimum absolute atomic E-state index is 0.0198. The number of ether oxygens (including phenoxy) is 2. The molecule has 1 aromatic carbocycles. The second-order valence-electron chi connectivity index (χ2n) is 13.5. The van der Waals surface area contributed by atoms with Gasteiger partial charge in [0, 0.05) is 51.6 Å². The number of nitrogens with zero attached hydrogens (tertiary/aromatic N) is 4.